The Morgan fingerprint density at radius 1 is 1.46 bits per heavy atom. The van der Waals surface area contributed by atoms with Crippen LogP contribution < -0.4 is 0 Å². The number of fused-ring (bicyclic) bond motifs is 1. The van der Waals surface area contributed by atoms with Crippen molar-refractivity contribution in [2.75, 3.05) is 0 Å². The second-order valence-corrected chi connectivity index (χ2v) is 4.00. The number of aliphatic hydroxyl groups is 1. The molecule has 1 heterocycles. The Balaban J connectivity index is 2.85. The summed E-state index contributed by atoms with van der Waals surface area (Å²) in [5.41, 5.74) is 2.06. The fourth-order valence-corrected chi connectivity index (χ4v) is 2.15. The van der Waals surface area contributed by atoms with Crippen molar-refractivity contribution in [1.82, 2.24) is 4.57 Å². The van der Waals surface area contributed by atoms with Gasteiger partial charge in [-0.15, -0.1) is 0 Å². The number of nitrogens with zero attached hydrogens (tertiary/aromatic N) is 1. The van der Waals surface area contributed by atoms with E-state index >= 15 is 0 Å². The molecule has 0 unspecified atom stereocenters. The SMILES string of the molecule is Cn1ccc2cc(Br)cc(CO)c21. The van der Waals surface area contributed by atoms with E-state index in [1.54, 1.807) is 0 Å². The Morgan fingerprint density at radius 3 is 2.92 bits per heavy atom. The van der Waals surface area contributed by atoms with E-state index in [9.17, 15) is 0 Å². The van der Waals surface area contributed by atoms with Crippen LogP contribution in [0.5, 0.6) is 0 Å². The van der Waals surface area contributed by atoms with Crippen LogP contribution in [0, 0.1) is 0 Å². The summed E-state index contributed by atoms with van der Waals surface area (Å²) >= 11 is 3.41. The molecule has 3 heteroatoms. The number of hydrogen-bond donors (Lipinski definition) is 1. The average molecular weight is 240 g/mol. The van der Waals surface area contributed by atoms with Gasteiger partial charge < -0.3 is 9.67 Å². The molecular weight excluding hydrogens is 230 g/mol. The largest absolute Gasteiger partial charge is 0.392 e. The van der Waals surface area contributed by atoms with Gasteiger partial charge in [0.1, 0.15) is 0 Å². The van der Waals surface area contributed by atoms with Gasteiger partial charge in [-0.2, -0.15) is 0 Å². The average Bonchev–Trinajstić information content (AvgIpc) is 2.46. The summed E-state index contributed by atoms with van der Waals surface area (Å²) in [6.45, 7) is 0.0772. The maximum Gasteiger partial charge on any atom is 0.0702 e. The smallest absolute Gasteiger partial charge is 0.0702 e. The van der Waals surface area contributed by atoms with Crippen LogP contribution in [0.2, 0.25) is 0 Å². The predicted octanol–water partition coefficient (Wildman–Crippen LogP) is 2.43. The first-order valence-corrected chi connectivity index (χ1v) is 4.86. The minimum atomic E-state index is 0.0772. The monoisotopic (exact) mass is 239 g/mol. The molecule has 0 saturated carbocycles. The molecule has 2 aromatic rings. The lowest BCUT2D eigenvalue weighted by Crippen LogP contribution is -1.91. The molecule has 68 valence electrons. The van der Waals surface area contributed by atoms with Gasteiger partial charge in [-0.25, -0.2) is 0 Å². The topological polar surface area (TPSA) is 25.2 Å². The van der Waals surface area contributed by atoms with Crippen molar-refractivity contribution in [2.24, 2.45) is 7.05 Å². The number of aryl methyl sites for hydroxylation is 1. The van der Waals surface area contributed by atoms with E-state index in [4.69, 9.17) is 5.11 Å². The van der Waals surface area contributed by atoms with Crippen LogP contribution in [-0.4, -0.2) is 9.67 Å². The van der Waals surface area contributed by atoms with E-state index in [0.717, 1.165) is 20.9 Å². The van der Waals surface area contributed by atoms with Crippen molar-refractivity contribution in [3.63, 3.8) is 0 Å². The highest BCUT2D eigenvalue weighted by Gasteiger charge is 2.04. The molecule has 0 aliphatic carbocycles. The van der Waals surface area contributed by atoms with Gasteiger partial charge >= 0.3 is 0 Å². The molecule has 1 aromatic heterocycles. The number of hydrogen-bond acceptors (Lipinski definition) is 1. The number of aromatic nitrogens is 1. The summed E-state index contributed by atoms with van der Waals surface area (Å²) in [7, 11) is 1.98. The summed E-state index contributed by atoms with van der Waals surface area (Å²) in [5.74, 6) is 0. The zero-order valence-corrected chi connectivity index (χ0v) is 8.87. The molecule has 2 nitrogen and oxygen atoms in total. The Kier molecular flexibility index (Phi) is 2.14. The maximum atomic E-state index is 9.17. The fraction of sp³-hybridized carbons (Fsp3) is 0.200. The zero-order valence-electron chi connectivity index (χ0n) is 7.29. The van der Waals surface area contributed by atoms with Crippen LogP contribution in [-0.2, 0) is 13.7 Å². The Hall–Kier alpha value is -0.800. The molecule has 0 fully saturated rings. The van der Waals surface area contributed by atoms with Gasteiger partial charge in [-0.05, 0) is 18.2 Å². The molecule has 1 N–H and O–H groups in total. The van der Waals surface area contributed by atoms with E-state index in [-0.39, 0.29) is 6.61 Å². The molecule has 0 amide bonds. The van der Waals surface area contributed by atoms with Crippen molar-refractivity contribution in [3.05, 3.63) is 34.4 Å². The highest BCUT2D eigenvalue weighted by molar-refractivity contribution is 9.10. The molecule has 13 heavy (non-hydrogen) atoms. The number of rotatable bonds is 1. The van der Waals surface area contributed by atoms with Crippen molar-refractivity contribution in [2.45, 2.75) is 6.61 Å². The standard InChI is InChI=1S/C10H10BrNO/c1-12-3-2-7-4-9(11)5-8(6-13)10(7)12/h2-5,13H,6H2,1H3. The molecule has 0 saturated heterocycles. The second kappa shape index (κ2) is 3.16. The Bertz CT molecular complexity index is 447. The van der Waals surface area contributed by atoms with E-state index < -0.39 is 0 Å². The summed E-state index contributed by atoms with van der Waals surface area (Å²) in [5, 5.41) is 10.3. The van der Waals surface area contributed by atoms with Crippen LogP contribution in [0.4, 0.5) is 0 Å². The highest BCUT2D eigenvalue weighted by Crippen LogP contribution is 2.24. The highest BCUT2D eigenvalue weighted by atomic mass is 79.9. The van der Waals surface area contributed by atoms with Crippen molar-refractivity contribution >= 4 is 26.8 Å². The van der Waals surface area contributed by atoms with Gasteiger partial charge in [-0.1, -0.05) is 15.9 Å². The Morgan fingerprint density at radius 2 is 2.23 bits per heavy atom. The zero-order chi connectivity index (χ0) is 9.42. The Labute approximate surface area is 84.9 Å². The van der Waals surface area contributed by atoms with Gasteiger partial charge in [0.2, 0.25) is 0 Å². The third-order valence-corrected chi connectivity index (χ3v) is 2.64. The van der Waals surface area contributed by atoms with Crippen molar-refractivity contribution in [3.8, 4) is 0 Å². The maximum absolute atomic E-state index is 9.17. The first-order chi connectivity index (χ1) is 6.22. The second-order valence-electron chi connectivity index (χ2n) is 3.09. The summed E-state index contributed by atoms with van der Waals surface area (Å²) in [6, 6.07) is 6.04. The normalized spacial score (nSPS) is 11.0. The molecule has 0 bridgehead atoms. The van der Waals surface area contributed by atoms with E-state index in [2.05, 4.69) is 22.0 Å². The minimum Gasteiger partial charge on any atom is -0.392 e. The number of aliphatic hydroxyl groups excluding tert-OH is 1. The van der Waals surface area contributed by atoms with Crippen LogP contribution in [0.3, 0.4) is 0 Å². The fourth-order valence-electron chi connectivity index (χ4n) is 1.62. The molecule has 0 radical (unpaired) electrons. The summed E-state index contributed by atoms with van der Waals surface area (Å²) < 4.78 is 3.03. The van der Waals surface area contributed by atoms with Gasteiger partial charge in [0.15, 0.2) is 0 Å². The predicted molar refractivity (Wildman–Crippen MR) is 56.5 cm³/mol. The lowest BCUT2D eigenvalue weighted by atomic mass is 10.1. The minimum absolute atomic E-state index is 0.0772. The first kappa shape index (κ1) is 8.78. The third-order valence-electron chi connectivity index (χ3n) is 2.18. The van der Waals surface area contributed by atoms with Crippen LogP contribution in [0.1, 0.15) is 5.56 Å². The van der Waals surface area contributed by atoms with Crippen LogP contribution in [0.15, 0.2) is 28.9 Å². The first-order valence-electron chi connectivity index (χ1n) is 4.06. The van der Waals surface area contributed by atoms with Crippen molar-refractivity contribution in [1.29, 1.82) is 0 Å². The number of benzene rings is 1. The lowest BCUT2D eigenvalue weighted by Gasteiger charge is -2.03. The molecular formula is C10H10BrNO. The molecule has 0 atom stereocenters. The van der Waals surface area contributed by atoms with Crippen LogP contribution in [0.25, 0.3) is 10.9 Å². The van der Waals surface area contributed by atoms with Gasteiger partial charge in [0, 0.05) is 28.7 Å². The van der Waals surface area contributed by atoms with Crippen LogP contribution >= 0.6 is 15.9 Å². The van der Waals surface area contributed by atoms with Crippen molar-refractivity contribution < 1.29 is 5.11 Å². The molecule has 0 spiro atoms. The molecule has 2 rings (SSSR count). The van der Waals surface area contributed by atoms with Gasteiger partial charge in [0.25, 0.3) is 0 Å². The lowest BCUT2D eigenvalue weighted by molar-refractivity contribution is 0.283. The molecule has 1 aromatic carbocycles. The number of halogens is 1. The summed E-state index contributed by atoms with van der Waals surface area (Å²) in [4.78, 5) is 0. The third kappa shape index (κ3) is 1.38. The molecule has 0 aliphatic rings. The van der Waals surface area contributed by atoms with Gasteiger partial charge in [-0.3, -0.25) is 0 Å². The van der Waals surface area contributed by atoms with E-state index in [0.29, 0.717) is 0 Å². The van der Waals surface area contributed by atoms with E-state index in [1.165, 1.54) is 0 Å². The van der Waals surface area contributed by atoms with E-state index in [1.807, 2.05) is 29.9 Å². The quantitative estimate of drug-likeness (QED) is 0.813. The summed E-state index contributed by atoms with van der Waals surface area (Å²) in [6.07, 6.45) is 2.00. The van der Waals surface area contributed by atoms with Gasteiger partial charge in [0.05, 0.1) is 12.1 Å². The molecule has 0 aliphatic heterocycles.